The number of benzene rings is 3. The van der Waals surface area contributed by atoms with E-state index < -0.39 is 5.60 Å². The fourth-order valence-corrected chi connectivity index (χ4v) is 4.96. The van der Waals surface area contributed by atoms with Crippen molar-refractivity contribution in [1.82, 2.24) is 14.6 Å². The summed E-state index contributed by atoms with van der Waals surface area (Å²) in [5.41, 5.74) is 2.34. The molecule has 5 rings (SSSR count). The molecule has 1 atom stereocenters. The largest absolute Gasteiger partial charge is 0.376 e. The lowest BCUT2D eigenvalue weighted by Gasteiger charge is -2.31. The second kappa shape index (κ2) is 10.1. The lowest BCUT2D eigenvalue weighted by Crippen LogP contribution is -2.30. The SMILES string of the molecule is C=Nn1c(=NC)nc(-c2cccc(Cl)c2)c2cc(C(O)(c3ccc(Cl)cc3)c3cnccc3Cl)ccc21. The number of aromatic nitrogens is 3. The molecule has 9 heteroatoms. The molecule has 0 spiro atoms. The predicted octanol–water partition coefficient (Wildman–Crippen LogP) is 6.34. The molecule has 0 amide bonds. The first-order valence-electron chi connectivity index (χ1n) is 11.2. The number of fused-ring (bicyclic) bond motifs is 1. The maximum Gasteiger partial charge on any atom is 0.246 e. The Morgan fingerprint density at radius 2 is 1.68 bits per heavy atom. The average molecular weight is 549 g/mol. The highest BCUT2D eigenvalue weighted by Crippen LogP contribution is 2.41. The molecule has 0 bridgehead atoms. The minimum atomic E-state index is -1.66. The number of hydrogen-bond acceptors (Lipinski definition) is 5. The first-order chi connectivity index (χ1) is 17.9. The molecule has 0 saturated carbocycles. The van der Waals surface area contributed by atoms with Crippen LogP contribution in [0.4, 0.5) is 0 Å². The predicted molar refractivity (Wildman–Crippen MR) is 149 cm³/mol. The van der Waals surface area contributed by atoms with E-state index in [1.54, 1.807) is 60.5 Å². The number of rotatable bonds is 5. The summed E-state index contributed by atoms with van der Waals surface area (Å²) in [5, 5.41) is 18.7. The maximum absolute atomic E-state index is 12.4. The van der Waals surface area contributed by atoms with E-state index in [-0.39, 0.29) is 0 Å². The summed E-state index contributed by atoms with van der Waals surface area (Å²) in [6.07, 6.45) is 3.13. The van der Waals surface area contributed by atoms with E-state index in [4.69, 9.17) is 39.8 Å². The van der Waals surface area contributed by atoms with Gasteiger partial charge in [0.2, 0.25) is 5.62 Å². The molecule has 0 radical (unpaired) electrons. The fourth-order valence-electron chi connectivity index (χ4n) is 4.40. The molecule has 0 saturated heterocycles. The summed E-state index contributed by atoms with van der Waals surface area (Å²) in [6, 6.07) is 21.5. The third-order valence-corrected chi connectivity index (χ3v) is 6.97. The molecule has 3 aromatic carbocycles. The van der Waals surface area contributed by atoms with Gasteiger partial charge in [0.05, 0.1) is 16.2 Å². The van der Waals surface area contributed by atoms with Crippen LogP contribution < -0.4 is 5.62 Å². The van der Waals surface area contributed by atoms with Gasteiger partial charge in [0, 0.05) is 52.7 Å². The van der Waals surface area contributed by atoms with Gasteiger partial charge in [-0.15, -0.1) is 0 Å². The zero-order valence-electron chi connectivity index (χ0n) is 19.6. The van der Waals surface area contributed by atoms with Crippen molar-refractivity contribution in [1.29, 1.82) is 0 Å². The van der Waals surface area contributed by atoms with E-state index >= 15 is 0 Å². The molecule has 37 heavy (non-hydrogen) atoms. The number of aliphatic hydroxyl groups is 1. The highest BCUT2D eigenvalue weighted by atomic mass is 35.5. The van der Waals surface area contributed by atoms with E-state index in [1.807, 2.05) is 36.4 Å². The Bertz CT molecular complexity index is 1720. The van der Waals surface area contributed by atoms with Crippen molar-refractivity contribution in [3.05, 3.63) is 123 Å². The molecular weight excluding hydrogens is 529 g/mol. The van der Waals surface area contributed by atoms with Gasteiger partial charge in [-0.05, 0) is 53.6 Å². The van der Waals surface area contributed by atoms with Crippen molar-refractivity contribution in [2.24, 2.45) is 10.1 Å². The Morgan fingerprint density at radius 1 is 0.919 bits per heavy atom. The number of hydrogen-bond donors (Lipinski definition) is 1. The van der Waals surface area contributed by atoms with Gasteiger partial charge < -0.3 is 5.11 Å². The van der Waals surface area contributed by atoms with Crippen molar-refractivity contribution in [3.8, 4) is 11.3 Å². The van der Waals surface area contributed by atoms with Gasteiger partial charge in [-0.2, -0.15) is 9.78 Å². The third kappa shape index (κ3) is 4.43. The van der Waals surface area contributed by atoms with Gasteiger partial charge in [-0.3, -0.25) is 9.98 Å². The molecule has 184 valence electrons. The van der Waals surface area contributed by atoms with Gasteiger partial charge in [0.15, 0.2) is 0 Å². The van der Waals surface area contributed by atoms with Crippen LogP contribution in [0.2, 0.25) is 15.1 Å². The molecule has 5 aromatic rings. The number of nitrogens with zero attached hydrogens (tertiary/aromatic N) is 5. The quantitative estimate of drug-likeness (QED) is 0.261. The molecule has 1 unspecified atom stereocenters. The standard InChI is InChI=1S/C28H20Cl3N5O/c1-32-27-35-26(17-4-3-5-21(30)14-17)22-15-19(8-11-25(22)36(27)33-2)28(37,18-6-9-20(29)10-7-18)23-16-34-13-12-24(23)31/h3-16,37H,2H2,1H3. The first kappa shape index (κ1) is 25.1. The Morgan fingerprint density at radius 3 is 2.35 bits per heavy atom. The molecule has 0 aliphatic carbocycles. The Kier molecular flexibility index (Phi) is 6.84. The Balaban J connectivity index is 1.89. The maximum atomic E-state index is 12.4. The zero-order valence-corrected chi connectivity index (χ0v) is 21.9. The van der Waals surface area contributed by atoms with Crippen molar-refractivity contribution >= 4 is 52.4 Å². The second-order valence-electron chi connectivity index (χ2n) is 8.25. The van der Waals surface area contributed by atoms with E-state index in [2.05, 4.69) is 21.8 Å². The third-order valence-electron chi connectivity index (χ3n) is 6.16. The zero-order chi connectivity index (χ0) is 26.2. The van der Waals surface area contributed by atoms with Crippen LogP contribution in [0.25, 0.3) is 22.2 Å². The topological polar surface area (TPSA) is 75.7 Å². The van der Waals surface area contributed by atoms with Crippen LogP contribution in [0.5, 0.6) is 0 Å². The number of halogens is 3. The van der Waals surface area contributed by atoms with Crippen molar-refractivity contribution in [2.75, 3.05) is 7.05 Å². The molecule has 1 N–H and O–H groups in total. The first-order valence-corrected chi connectivity index (χ1v) is 12.3. The highest BCUT2D eigenvalue weighted by molar-refractivity contribution is 6.31. The smallest absolute Gasteiger partial charge is 0.246 e. The summed E-state index contributed by atoms with van der Waals surface area (Å²) < 4.78 is 1.55. The lowest BCUT2D eigenvalue weighted by atomic mass is 9.80. The minimum Gasteiger partial charge on any atom is -0.376 e. The van der Waals surface area contributed by atoms with E-state index in [9.17, 15) is 5.11 Å². The summed E-state index contributed by atoms with van der Waals surface area (Å²) in [5.74, 6) is 0. The van der Waals surface area contributed by atoms with Crippen LogP contribution in [-0.4, -0.2) is 33.5 Å². The van der Waals surface area contributed by atoms with Gasteiger partial charge in [0.25, 0.3) is 0 Å². The van der Waals surface area contributed by atoms with Crippen LogP contribution in [-0.2, 0) is 5.60 Å². The van der Waals surface area contributed by atoms with Crippen LogP contribution in [0.15, 0.2) is 95.3 Å². The van der Waals surface area contributed by atoms with Crippen molar-refractivity contribution in [3.63, 3.8) is 0 Å². The summed E-state index contributed by atoms with van der Waals surface area (Å²) in [7, 11) is 1.63. The Labute approximate surface area is 228 Å². The summed E-state index contributed by atoms with van der Waals surface area (Å²) in [4.78, 5) is 13.3. The van der Waals surface area contributed by atoms with E-state index in [0.717, 1.165) is 5.56 Å². The van der Waals surface area contributed by atoms with Crippen molar-refractivity contribution < 1.29 is 5.11 Å². The van der Waals surface area contributed by atoms with Crippen LogP contribution in [0.3, 0.4) is 0 Å². The van der Waals surface area contributed by atoms with Gasteiger partial charge >= 0.3 is 0 Å². The summed E-state index contributed by atoms with van der Waals surface area (Å²) in [6.45, 7) is 3.70. The van der Waals surface area contributed by atoms with E-state index in [0.29, 0.717) is 54.0 Å². The van der Waals surface area contributed by atoms with Gasteiger partial charge in [-0.1, -0.05) is 65.1 Å². The normalized spacial score (nSPS) is 13.5. The van der Waals surface area contributed by atoms with Gasteiger partial charge in [0.1, 0.15) is 5.60 Å². The summed E-state index contributed by atoms with van der Waals surface area (Å²) >= 11 is 19.1. The molecule has 6 nitrogen and oxygen atoms in total. The van der Waals surface area contributed by atoms with Crippen LogP contribution in [0, 0.1) is 0 Å². The molecule has 2 heterocycles. The molecule has 0 aliphatic rings. The second-order valence-corrected chi connectivity index (χ2v) is 9.53. The van der Waals surface area contributed by atoms with Crippen LogP contribution in [0.1, 0.15) is 16.7 Å². The van der Waals surface area contributed by atoms with Gasteiger partial charge in [-0.25, -0.2) is 4.98 Å². The molecular formula is C28H20Cl3N5O. The van der Waals surface area contributed by atoms with Crippen LogP contribution >= 0.6 is 34.8 Å². The highest BCUT2D eigenvalue weighted by Gasteiger charge is 2.36. The average Bonchev–Trinajstić information content (AvgIpc) is 2.92. The molecule has 2 aromatic heterocycles. The lowest BCUT2D eigenvalue weighted by molar-refractivity contribution is 0.125. The number of pyridine rings is 1. The monoisotopic (exact) mass is 547 g/mol. The Hall–Kier alpha value is -3.55. The molecule has 0 fully saturated rings. The van der Waals surface area contributed by atoms with E-state index in [1.165, 1.54) is 0 Å². The molecule has 0 aliphatic heterocycles. The minimum absolute atomic E-state index is 0.365. The fraction of sp³-hybridized carbons (Fsp3) is 0.0714. The van der Waals surface area contributed by atoms with Crippen molar-refractivity contribution in [2.45, 2.75) is 5.60 Å².